The summed E-state index contributed by atoms with van der Waals surface area (Å²) >= 11 is 0. The largest absolute Gasteiger partial charge is 0.462 e. The molecule has 0 bridgehead atoms. The average molecular weight is 383 g/mol. The van der Waals surface area contributed by atoms with Crippen molar-refractivity contribution in [1.82, 2.24) is 0 Å². The van der Waals surface area contributed by atoms with Crippen molar-refractivity contribution in [3.8, 4) is 11.1 Å². The molecule has 0 fully saturated rings. The van der Waals surface area contributed by atoms with Gasteiger partial charge in [-0.1, -0.05) is 80.6 Å². The van der Waals surface area contributed by atoms with E-state index < -0.39 is 0 Å². The highest BCUT2D eigenvalue weighted by molar-refractivity contribution is 5.87. The summed E-state index contributed by atoms with van der Waals surface area (Å²) < 4.78 is 5.12. The molecule has 0 spiro atoms. The predicted octanol–water partition coefficient (Wildman–Crippen LogP) is 6.32. The number of ether oxygens (including phenoxy) is 1. The Kier molecular flexibility index (Phi) is 7.12. The van der Waals surface area contributed by atoms with Gasteiger partial charge in [0.15, 0.2) is 0 Å². The highest BCUT2D eigenvalue weighted by Crippen LogP contribution is 2.19. The lowest BCUT2D eigenvalue weighted by Crippen LogP contribution is -2.06. The first-order valence-corrected chi connectivity index (χ1v) is 9.74. The number of hydrogen-bond donors (Lipinski definition) is 0. The zero-order chi connectivity index (χ0) is 20.5. The molecule has 0 heterocycles. The number of rotatable bonds is 7. The van der Waals surface area contributed by atoms with E-state index in [0.717, 1.165) is 16.8 Å². The minimum Gasteiger partial charge on any atom is -0.462 e. The van der Waals surface area contributed by atoms with Crippen LogP contribution in [-0.2, 0) is 9.53 Å². The highest BCUT2D eigenvalue weighted by atomic mass is 16.5. The Balaban J connectivity index is 1.58. The van der Waals surface area contributed by atoms with Gasteiger partial charge in [-0.05, 0) is 46.4 Å². The van der Waals surface area contributed by atoms with E-state index in [-0.39, 0.29) is 5.97 Å². The molecule has 3 heteroatoms. The van der Waals surface area contributed by atoms with Crippen molar-refractivity contribution in [2.45, 2.75) is 13.8 Å². The molecule has 0 aliphatic heterocycles. The van der Waals surface area contributed by atoms with Crippen LogP contribution in [-0.4, -0.2) is 18.8 Å². The molecule has 3 nitrogen and oxygen atoms in total. The van der Waals surface area contributed by atoms with Crippen molar-refractivity contribution >= 4 is 23.9 Å². The van der Waals surface area contributed by atoms with Crippen molar-refractivity contribution in [2.75, 3.05) is 6.61 Å². The molecule has 146 valence electrons. The van der Waals surface area contributed by atoms with Gasteiger partial charge in [-0.3, -0.25) is 4.99 Å². The quantitative estimate of drug-likeness (QED) is 0.272. The van der Waals surface area contributed by atoms with Gasteiger partial charge < -0.3 is 4.74 Å². The summed E-state index contributed by atoms with van der Waals surface area (Å²) in [5.74, 6) is 0.0128. The summed E-state index contributed by atoms with van der Waals surface area (Å²) in [6, 6.07) is 26.3. The molecule has 3 rings (SSSR count). The summed E-state index contributed by atoms with van der Waals surface area (Å²) in [5, 5.41) is 0. The minimum atomic E-state index is -0.320. The van der Waals surface area contributed by atoms with E-state index in [1.54, 1.807) is 6.08 Å². The Morgan fingerprint density at radius 1 is 0.862 bits per heavy atom. The molecule has 0 aromatic heterocycles. The summed E-state index contributed by atoms with van der Waals surface area (Å²) in [4.78, 5) is 16.2. The van der Waals surface area contributed by atoms with E-state index in [1.165, 1.54) is 17.2 Å². The van der Waals surface area contributed by atoms with Crippen LogP contribution in [0.4, 0.5) is 5.69 Å². The lowest BCUT2D eigenvalue weighted by molar-refractivity contribution is -0.138. The average Bonchev–Trinajstić information content (AvgIpc) is 2.76. The predicted molar refractivity (Wildman–Crippen MR) is 120 cm³/mol. The standard InChI is InChI=1S/C26H25NO2/c1-20(2)19-29-26(28)17-12-21-10-15-25(16-11-21)27-18-22-8-13-24(14-9-22)23-6-4-3-5-7-23/h3-18,20H,19H2,1-2H3. The third-order valence-electron chi connectivity index (χ3n) is 4.24. The number of nitrogens with zero attached hydrogens (tertiary/aromatic N) is 1. The number of esters is 1. The summed E-state index contributed by atoms with van der Waals surface area (Å²) in [5.41, 5.74) is 5.22. The highest BCUT2D eigenvalue weighted by Gasteiger charge is 2.00. The maximum atomic E-state index is 11.6. The molecule has 0 saturated carbocycles. The molecular formula is C26H25NO2. The van der Waals surface area contributed by atoms with Crippen molar-refractivity contribution in [1.29, 1.82) is 0 Å². The van der Waals surface area contributed by atoms with Crippen LogP contribution in [0.5, 0.6) is 0 Å². The second-order valence-electron chi connectivity index (χ2n) is 7.19. The van der Waals surface area contributed by atoms with Crippen LogP contribution in [0.3, 0.4) is 0 Å². The third kappa shape index (κ3) is 6.58. The molecule has 0 unspecified atom stereocenters. The number of carbonyl (C=O) groups is 1. The summed E-state index contributed by atoms with van der Waals surface area (Å²) in [6.45, 7) is 4.45. The van der Waals surface area contributed by atoms with Crippen LogP contribution in [0.25, 0.3) is 17.2 Å². The Hall–Kier alpha value is -3.46. The van der Waals surface area contributed by atoms with E-state index in [4.69, 9.17) is 4.74 Å². The second kappa shape index (κ2) is 10.2. The first-order chi connectivity index (χ1) is 14.1. The molecule has 0 radical (unpaired) electrons. The zero-order valence-corrected chi connectivity index (χ0v) is 16.8. The first kappa shape index (κ1) is 20.3. The fraction of sp³-hybridized carbons (Fsp3) is 0.154. The minimum absolute atomic E-state index is 0.320. The molecular weight excluding hydrogens is 358 g/mol. The van der Waals surface area contributed by atoms with Crippen molar-refractivity contribution in [3.05, 3.63) is 96.1 Å². The van der Waals surface area contributed by atoms with Gasteiger partial charge in [0, 0.05) is 12.3 Å². The van der Waals surface area contributed by atoms with E-state index in [1.807, 2.05) is 62.5 Å². The van der Waals surface area contributed by atoms with Crippen molar-refractivity contribution in [2.24, 2.45) is 10.9 Å². The normalized spacial score (nSPS) is 11.4. The fourth-order valence-electron chi connectivity index (χ4n) is 2.67. The molecule has 0 aliphatic rings. The SMILES string of the molecule is CC(C)COC(=O)C=Cc1ccc(N=Cc2ccc(-c3ccccc3)cc2)cc1. The van der Waals surface area contributed by atoms with E-state index in [9.17, 15) is 4.79 Å². The van der Waals surface area contributed by atoms with Gasteiger partial charge in [0.05, 0.1) is 12.3 Å². The van der Waals surface area contributed by atoms with Crippen LogP contribution >= 0.6 is 0 Å². The number of aliphatic imine (C=N–C) groups is 1. The number of hydrogen-bond acceptors (Lipinski definition) is 3. The maximum Gasteiger partial charge on any atom is 0.330 e. The van der Waals surface area contributed by atoms with Gasteiger partial charge in [0.1, 0.15) is 0 Å². The van der Waals surface area contributed by atoms with Crippen molar-refractivity contribution in [3.63, 3.8) is 0 Å². The monoisotopic (exact) mass is 383 g/mol. The molecule has 0 atom stereocenters. The molecule has 3 aromatic rings. The fourth-order valence-corrected chi connectivity index (χ4v) is 2.67. The molecule has 0 aliphatic carbocycles. The van der Waals surface area contributed by atoms with Gasteiger partial charge in [-0.15, -0.1) is 0 Å². The number of benzene rings is 3. The molecule has 0 N–H and O–H groups in total. The lowest BCUT2D eigenvalue weighted by atomic mass is 10.0. The van der Waals surface area contributed by atoms with Crippen LogP contribution in [0, 0.1) is 5.92 Å². The van der Waals surface area contributed by atoms with Gasteiger partial charge in [-0.2, -0.15) is 0 Å². The maximum absolute atomic E-state index is 11.6. The summed E-state index contributed by atoms with van der Waals surface area (Å²) in [6.07, 6.45) is 5.05. The van der Waals surface area contributed by atoms with E-state index in [0.29, 0.717) is 12.5 Å². The Morgan fingerprint density at radius 2 is 1.48 bits per heavy atom. The van der Waals surface area contributed by atoms with Crippen LogP contribution in [0.1, 0.15) is 25.0 Å². The topological polar surface area (TPSA) is 38.7 Å². The van der Waals surface area contributed by atoms with Crippen LogP contribution < -0.4 is 0 Å². The van der Waals surface area contributed by atoms with E-state index in [2.05, 4.69) is 41.4 Å². The van der Waals surface area contributed by atoms with Crippen molar-refractivity contribution < 1.29 is 9.53 Å². The molecule has 3 aromatic carbocycles. The lowest BCUT2D eigenvalue weighted by Gasteiger charge is -2.03. The van der Waals surface area contributed by atoms with Crippen LogP contribution in [0.2, 0.25) is 0 Å². The first-order valence-electron chi connectivity index (χ1n) is 9.74. The van der Waals surface area contributed by atoms with Gasteiger partial charge in [0.2, 0.25) is 0 Å². The van der Waals surface area contributed by atoms with E-state index >= 15 is 0 Å². The third-order valence-corrected chi connectivity index (χ3v) is 4.24. The molecule has 0 saturated heterocycles. The van der Waals surface area contributed by atoms with Gasteiger partial charge in [-0.25, -0.2) is 4.79 Å². The second-order valence-corrected chi connectivity index (χ2v) is 7.19. The van der Waals surface area contributed by atoms with Crippen LogP contribution in [0.15, 0.2) is 89.9 Å². The number of carbonyl (C=O) groups excluding carboxylic acids is 1. The Labute approximate surface area is 172 Å². The summed E-state index contributed by atoms with van der Waals surface area (Å²) in [7, 11) is 0. The van der Waals surface area contributed by atoms with Gasteiger partial charge >= 0.3 is 5.97 Å². The smallest absolute Gasteiger partial charge is 0.330 e. The Morgan fingerprint density at radius 3 is 2.14 bits per heavy atom. The molecule has 0 amide bonds. The Bertz CT molecular complexity index is 969. The molecule has 29 heavy (non-hydrogen) atoms. The zero-order valence-electron chi connectivity index (χ0n) is 16.8. The van der Waals surface area contributed by atoms with Gasteiger partial charge in [0.25, 0.3) is 0 Å².